The number of anilines is 1. The van der Waals surface area contributed by atoms with E-state index in [1.54, 1.807) is 17.8 Å². The van der Waals surface area contributed by atoms with E-state index in [2.05, 4.69) is 4.90 Å². The number of rotatable bonds is 2. The standard InChI is InChI=1S/C16H25BN2O4/c1-15(2)16(3,4)23-17(22-15)12-10-13(14(20)18(5)11-12)19-6-8-21-9-7-19/h10-11H,6-9H2,1-5H3. The van der Waals surface area contributed by atoms with Crippen LogP contribution in [0.25, 0.3) is 0 Å². The third kappa shape index (κ3) is 2.93. The largest absolute Gasteiger partial charge is 0.496 e. The van der Waals surface area contributed by atoms with Crippen molar-refractivity contribution in [3.05, 3.63) is 22.6 Å². The first-order chi connectivity index (χ1) is 10.7. The van der Waals surface area contributed by atoms with Crippen LogP contribution in [0, 0.1) is 0 Å². The Morgan fingerprint density at radius 2 is 1.65 bits per heavy atom. The molecular weight excluding hydrogens is 295 g/mol. The normalized spacial score (nSPS) is 23.3. The fourth-order valence-corrected chi connectivity index (χ4v) is 2.86. The van der Waals surface area contributed by atoms with Gasteiger partial charge in [-0.05, 0) is 33.8 Å². The highest BCUT2D eigenvalue weighted by Crippen LogP contribution is 2.36. The smallest absolute Gasteiger partial charge is 0.399 e. The molecule has 6 nitrogen and oxygen atoms in total. The fourth-order valence-electron chi connectivity index (χ4n) is 2.86. The average Bonchev–Trinajstić information content (AvgIpc) is 2.71. The molecule has 1 aromatic heterocycles. The quantitative estimate of drug-likeness (QED) is 0.744. The summed E-state index contributed by atoms with van der Waals surface area (Å²) in [6, 6.07) is 1.90. The van der Waals surface area contributed by atoms with Gasteiger partial charge in [-0.2, -0.15) is 0 Å². The second-order valence-electron chi connectivity index (χ2n) is 7.26. The second kappa shape index (κ2) is 5.65. The lowest BCUT2D eigenvalue weighted by Crippen LogP contribution is -2.43. The summed E-state index contributed by atoms with van der Waals surface area (Å²) in [6.45, 7) is 10.8. The second-order valence-corrected chi connectivity index (χ2v) is 7.26. The molecule has 2 saturated heterocycles. The van der Waals surface area contributed by atoms with Gasteiger partial charge in [-0.1, -0.05) is 0 Å². The topological polar surface area (TPSA) is 52.9 Å². The molecule has 7 heteroatoms. The van der Waals surface area contributed by atoms with E-state index < -0.39 is 18.3 Å². The van der Waals surface area contributed by atoms with Gasteiger partial charge in [0.15, 0.2) is 0 Å². The Balaban J connectivity index is 1.95. The van der Waals surface area contributed by atoms with E-state index in [1.807, 2.05) is 33.8 Å². The summed E-state index contributed by atoms with van der Waals surface area (Å²) in [5.41, 5.74) is 0.749. The van der Waals surface area contributed by atoms with Crippen molar-refractivity contribution in [3.8, 4) is 0 Å². The van der Waals surface area contributed by atoms with Gasteiger partial charge < -0.3 is 23.5 Å². The number of aromatic nitrogens is 1. The van der Waals surface area contributed by atoms with Gasteiger partial charge in [0.2, 0.25) is 0 Å². The van der Waals surface area contributed by atoms with Crippen LogP contribution in [0.2, 0.25) is 0 Å². The molecule has 3 heterocycles. The van der Waals surface area contributed by atoms with Crippen LogP contribution in [0.5, 0.6) is 0 Å². The molecular formula is C16H25BN2O4. The zero-order valence-electron chi connectivity index (χ0n) is 14.6. The number of morpholine rings is 1. The Hall–Kier alpha value is -1.31. The first-order valence-corrected chi connectivity index (χ1v) is 8.10. The summed E-state index contributed by atoms with van der Waals surface area (Å²) in [6.07, 6.45) is 1.80. The minimum Gasteiger partial charge on any atom is -0.399 e. The summed E-state index contributed by atoms with van der Waals surface area (Å²) in [7, 11) is 1.30. The SMILES string of the molecule is Cn1cc(B2OC(C)(C)C(C)(C)O2)cc(N2CCOCC2)c1=O. The van der Waals surface area contributed by atoms with Crippen molar-refractivity contribution in [3.63, 3.8) is 0 Å². The van der Waals surface area contributed by atoms with Crippen molar-refractivity contribution in [2.24, 2.45) is 7.05 Å². The maximum absolute atomic E-state index is 12.5. The molecule has 3 rings (SSSR count). The highest BCUT2D eigenvalue weighted by atomic mass is 16.7. The van der Waals surface area contributed by atoms with E-state index in [1.165, 1.54) is 0 Å². The van der Waals surface area contributed by atoms with Gasteiger partial charge >= 0.3 is 7.12 Å². The number of ether oxygens (including phenoxy) is 1. The first kappa shape index (κ1) is 16.5. The van der Waals surface area contributed by atoms with Gasteiger partial charge in [-0.25, -0.2) is 0 Å². The van der Waals surface area contributed by atoms with E-state index in [0.717, 1.165) is 18.6 Å². The van der Waals surface area contributed by atoms with E-state index in [9.17, 15) is 4.79 Å². The molecule has 0 N–H and O–H groups in total. The fraction of sp³-hybridized carbons (Fsp3) is 0.688. The van der Waals surface area contributed by atoms with Gasteiger partial charge in [0.05, 0.1) is 24.4 Å². The molecule has 0 amide bonds. The van der Waals surface area contributed by atoms with Crippen LogP contribution in [-0.4, -0.2) is 49.2 Å². The summed E-state index contributed by atoms with van der Waals surface area (Å²) < 4.78 is 19.2. The lowest BCUT2D eigenvalue weighted by molar-refractivity contribution is 0.00578. The van der Waals surface area contributed by atoms with Crippen LogP contribution >= 0.6 is 0 Å². The van der Waals surface area contributed by atoms with Crippen LogP contribution in [0.3, 0.4) is 0 Å². The van der Waals surface area contributed by atoms with Gasteiger partial charge in [0, 0.05) is 31.8 Å². The van der Waals surface area contributed by atoms with Crippen molar-refractivity contribution in [1.29, 1.82) is 0 Å². The Bertz CT molecular complexity index is 634. The van der Waals surface area contributed by atoms with Gasteiger partial charge in [-0.3, -0.25) is 4.79 Å². The molecule has 0 radical (unpaired) electrons. The van der Waals surface area contributed by atoms with Crippen LogP contribution in [0.4, 0.5) is 5.69 Å². The van der Waals surface area contributed by atoms with E-state index >= 15 is 0 Å². The number of hydrogen-bond acceptors (Lipinski definition) is 5. The minimum absolute atomic E-state index is 0.00725. The van der Waals surface area contributed by atoms with Crippen molar-refractivity contribution in [2.45, 2.75) is 38.9 Å². The summed E-state index contributed by atoms with van der Waals surface area (Å²) in [5, 5.41) is 0. The maximum atomic E-state index is 12.5. The van der Waals surface area contributed by atoms with Crippen LogP contribution in [0.15, 0.2) is 17.1 Å². The van der Waals surface area contributed by atoms with Crippen LogP contribution < -0.4 is 15.9 Å². The average molecular weight is 320 g/mol. The monoisotopic (exact) mass is 320 g/mol. The first-order valence-electron chi connectivity index (χ1n) is 8.10. The number of pyridine rings is 1. The van der Waals surface area contributed by atoms with Gasteiger partial charge in [-0.15, -0.1) is 0 Å². The molecule has 0 aliphatic carbocycles. The molecule has 0 bridgehead atoms. The molecule has 0 aromatic carbocycles. The van der Waals surface area contributed by atoms with E-state index in [0.29, 0.717) is 18.9 Å². The molecule has 0 saturated carbocycles. The number of aryl methyl sites for hydroxylation is 1. The third-order valence-corrected chi connectivity index (χ3v) is 5.06. The highest BCUT2D eigenvalue weighted by Gasteiger charge is 2.52. The van der Waals surface area contributed by atoms with Crippen molar-refractivity contribution < 1.29 is 14.0 Å². The number of hydrogen-bond donors (Lipinski definition) is 0. The molecule has 1 aromatic rings. The zero-order valence-corrected chi connectivity index (χ0v) is 14.6. The minimum atomic E-state index is -0.466. The highest BCUT2D eigenvalue weighted by molar-refractivity contribution is 6.62. The molecule has 0 spiro atoms. The van der Waals surface area contributed by atoms with E-state index in [-0.39, 0.29) is 5.56 Å². The summed E-state index contributed by atoms with van der Waals surface area (Å²) in [5.74, 6) is 0. The predicted molar refractivity (Wildman–Crippen MR) is 90.4 cm³/mol. The van der Waals surface area contributed by atoms with Crippen molar-refractivity contribution in [1.82, 2.24) is 4.57 Å². The van der Waals surface area contributed by atoms with Crippen molar-refractivity contribution >= 4 is 18.3 Å². The Labute approximate surface area is 137 Å². The van der Waals surface area contributed by atoms with Crippen molar-refractivity contribution in [2.75, 3.05) is 31.2 Å². The zero-order chi connectivity index (χ0) is 16.8. The lowest BCUT2D eigenvalue weighted by Gasteiger charge is -2.32. The third-order valence-electron chi connectivity index (χ3n) is 5.06. The summed E-state index contributed by atoms with van der Waals surface area (Å²) >= 11 is 0. The maximum Gasteiger partial charge on any atom is 0.496 e. The molecule has 2 aliphatic rings. The molecule has 2 fully saturated rings. The summed E-state index contributed by atoms with van der Waals surface area (Å²) in [4.78, 5) is 14.6. The lowest BCUT2D eigenvalue weighted by atomic mass is 9.80. The predicted octanol–water partition coefficient (Wildman–Crippen LogP) is 0.521. The Morgan fingerprint density at radius 1 is 1.09 bits per heavy atom. The van der Waals surface area contributed by atoms with Crippen LogP contribution in [-0.2, 0) is 21.1 Å². The van der Waals surface area contributed by atoms with E-state index in [4.69, 9.17) is 14.0 Å². The molecule has 23 heavy (non-hydrogen) atoms. The number of nitrogens with zero attached hydrogens (tertiary/aromatic N) is 2. The van der Waals surface area contributed by atoms with Crippen LogP contribution in [0.1, 0.15) is 27.7 Å². The molecule has 2 aliphatic heterocycles. The Morgan fingerprint density at radius 3 is 2.22 bits per heavy atom. The van der Waals surface area contributed by atoms with Gasteiger partial charge in [0.1, 0.15) is 5.69 Å². The molecule has 0 atom stereocenters. The molecule has 0 unspecified atom stereocenters. The molecule has 126 valence electrons. The van der Waals surface area contributed by atoms with Gasteiger partial charge in [0.25, 0.3) is 5.56 Å². The Kier molecular flexibility index (Phi) is 4.06.